The fourth-order valence-corrected chi connectivity index (χ4v) is 3.37. The van der Waals surface area contributed by atoms with Gasteiger partial charge in [-0.1, -0.05) is 53.9 Å². The van der Waals surface area contributed by atoms with Crippen LogP contribution in [0.25, 0.3) is 0 Å². The normalized spacial score (nSPS) is 26.8. The lowest BCUT2D eigenvalue weighted by Crippen LogP contribution is -2.60. The van der Waals surface area contributed by atoms with E-state index in [9.17, 15) is 0 Å². The van der Waals surface area contributed by atoms with Gasteiger partial charge in [-0.05, 0) is 25.2 Å². The average molecular weight is 268 g/mol. The molecule has 0 aromatic heterocycles. The fourth-order valence-electron chi connectivity index (χ4n) is 3.37. The zero-order chi connectivity index (χ0) is 14.3. The topological polar surface area (TPSA) is 15.3 Å². The van der Waals surface area contributed by atoms with Gasteiger partial charge in [-0.2, -0.15) is 0 Å². The predicted octanol–water partition coefficient (Wildman–Crippen LogP) is 4.05. The van der Waals surface area contributed by atoms with Gasteiger partial charge in [0.25, 0.3) is 0 Å². The Kier molecular flexibility index (Phi) is 8.01. The van der Waals surface area contributed by atoms with Crippen molar-refractivity contribution in [1.29, 1.82) is 0 Å². The minimum atomic E-state index is 0.684. The molecule has 3 atom stereocenters. The Labute approximate surface area is 121 Å². The number of piperazine rings is 1. The van der Waals surface area contributed by atoms with Crippen molar-refractivity contribution in [2.75, 3.05) is 13.1 Å². The van der Waals surface area contributed by atoms with Crippen molar-refractivity contribution in [3.63, 3.8) is 0 Å². The van der Waals surface area contributed by atoms with Crippen LogP contribution in [0.1, 0.15) is 73.1 Å². The Balaban J connectivity index is 2.69. The Bertz CT molecular complexity index is 227. The molecule has 1 heterocycles. The van der Waals surface area contributed by atoms with Crippen LogP contribution in [-0.2, 0) is 0 Å². The van der Waals surface area contributed by atoms with Crippen molar-refractivity contribution in [1.82, 2.24) is 10.2 Å². The van der Waals surface area contributed by atoms with Gasteiger partial charge in [0.1, 0.15) is 0 Å². The first-order valence-corrected chi connectivity index (χ1v) is 8.63. The standard InChI is InChI=1S/C17H36N2/c1-6-9-11-16(10-7-2)19-13-17(14(4)5)18-12-15(19)8-3/h14-18H,6-13H2,1-5H3. The second kappa shape index (κ2) is 8.97. The van der Waals surface area contributed by atoms with Crippen LogP contribution in [0.4, 0.5) is 0 Å². The summed E-state index contributed by atoms with van der Waals surface area (Å²) >= 11 is 0. The summed E-state index contributed by atoms with van der Waals surface area (Å²) in [7, 11) is 0. The van der Waals surface area contributed by atoms with Gasteiger partial charge in [-0.15, -0.1) is 0 Å². The summed E-state index contributed by atoms with van der Waals surface area (Å²) in [5.74, 6) is 0.744. The quantitative estimate of drug-likeness (QED) is 0.714. The van der Waals surface area contributed by atoms with E-state index in [2.05, 4.69) is 44.8 Å². The van der Waals surface area contributed by atoms with Crippen LogP contribution in [0.2, 0.25) is 0 Å². The molecule has 0 spiro atoms. The second-order valence-electron chi connectivity index (χ2n) is 6.60. The molecule has 0 amide bonds. The summed E-state index contributed by atoms with van der Waals surface area (Å²) in [5, 5.41) is 3.76. The molecule has 19 heavy (non-hydrogen) atoms. The van der Waals surface area contributed by atoms with Gasteiger partial charge < -0.3 is 5.32 Å². The Morgan fingerprint density at radius 1 is 1.11 bits per heavy atom. The minimum absolute atomic E-state index is 0.684. The molecule has 2 nitrogen and oxygen atoms in total. The highest BCUT2D eigenvalue weighted by atomic mass is 15.3. The second-order valence-corrected chi connectivity index (χ2v) is 6.60. The molecule has 3 unspecified atom stereocenters. The highest BCUT2D eigenvalue weighted by molar-refractivity contribution is 4.90. The van der Waals surface area contributed by atoms with Crippen LogP contribution < -0.4 is 5.32 Å². The third kappa shape index (κ3) is 5.07. The maximum Gasteiger partial charge on any atom is 0.0221 e. The van der Waals surface area contributed by atoms with Gasteiger partial charge in [0, 0.05) is 31.2 Å². The molecule has 1 fully saturated rings. The Morgan fingerprint density at radius 2 is 1.84 bits per heavy atom. The first kappa shape index (κ1) is 17.0. The lowest BCUT2D eigenvalue weighted by atomic mass is 9.93. The van der Waals surface area contributed by atoms with Crippen LogP contribution >= 0.6 is 0 Å². The maximum absolute atomic E-state index is 3.76. The molecule has 1 saturated heterocycles. The molecule has 1 rings (SSSR count). The van der Waals surface area contributed by atoms with Gasteiger partial charge in [-0.25, -0.2) is 0 Å². The van der Waals surface area contributed by atoms with Crippen LogP contribution in [0.5, 0.6) is 0 Å². The van der Waals surface area contributed by atoms with E-state index in [1.165, 1.54) is 51.6 Å². The smallest absolute Gasteiger partial charge is 0.0221 e. The minimum Gasteiger partial charge on any atom is -0.311 e. The molecule has 0 aliphatic carbocycles. The van der Waals surface area contributed by atoms with Crippen LogP contribution in [0.15, 0.2) is 0 Å². The van der Waals surface area contributed by atoms with Gasteiger partial charge in [0.15, 0.2) is 0 Å². The number of hydrogen-bond acceptors (Lipinski definition) is 2. The molecule has 1 aliphatic rings. The zero-order valence-corrected chi connectivity index (χ0v) is 13.9. The monoisotopic (exact) mass is 268 g/mol. The highest BCUT2D eigenvalue weighted by Gasteiger charge is 2.32. The lowest BCUT2D eigenvalue weighted by molar-refractivity contribution is 0.0574. The molecule has 0 aromatic carbocycles. The summed E-state index contributed by atoms with van der Waals surface area (Å²) in [6.07, 6.45) is 8.09. The molecule has 114 valence electrons. The molecule has 1 aliphatic heterocycles. The molecule has 2 heteroatoms. The van der Waals surface area contributed by atoms with E-state index in [1.807, 2.05) is 0 Å². The van der Waals surface area contributed by atoms with Crippen LogP contribution in [-0.4, -0.2) is 36.1 Å². The first-order chi connectivity index (χ1) is 9.13. The van der Waals surface area contributed by atoms with Gasteiger partial charge >= 0.3 is 0 Å². The highest BCUT2D eigenvalue weighted by Crippen LogP contribution is 2.23. The van der Waals surface area contributed by atoms with E-state index in [0.29, 0.717) is 6.04 Å². The molecular weight excluding hydrogens is 232 g/mol. The third-order valence-corrected chi connectivity index (χ3v) is 4.75. The van der Waals surface area contributed by atoms with Crippen molar-refractivity contribution in [3.05, 3.63) is 0 Å². The average Bonchev–Trinajstić information content (AvgIpc) is 2.42. The molecule has 0 saturated carbocycles. The summed E-state index contributed by atoms with van der Waals surface area (Å²) in [6, 6.07) is 2.26. The number of nitrogens with one attached hydrogen (secondary N) is 1. The van der Waals surface area contributed by atoms with Crippen molar-refractivity contribution >= 4 is 0 Å². The third-order valence-electron chi connectivity index (χ3n) is 4.75. The van der Waals surface area contributed by atoms with Crippen molar-refractivity contribution in [2.24, 2.45) is 5.92 Å². The van der Waals surface area contributed by atoms with Crippen molar-refractivity contribution in [2.45, 2.75) is 91.3 Å². The molecule has 0 radical (unpaired) electrons. The largest absolute Gasteiger partial charge is 0.311 e. The van der Waals surface area contributed by atoms with Gasteiger partial charge in [0.05, 0.1) is 0 Å². The maximum atomic E-state index is 3.76. The Morgan fingerprint density at radius 3 is 2.37 bits per heavy atom. The fraction of sp³-hybridized carbons (Fsp3) is 1.00. The number of rotatable bonds is 8. The van der Waals surface area contributed by atoms with Gasteiger partial charge in [0.2, 0.25) is 0 Å². The number of hydrogen-bond donors (Lipinski definition) is 1. The van der Waals surface area contributed by atoms with E-state index in [-0.39, 0.29) is 0 Å². The summed E-state index contributed by atoms with van der Waals surface area (Å²) in [4.78, 5) is 2.85. The van der Waals surface area contributed by atoms with Gasteiger partial charge in [-0.3, -0.25) is 4.90 Å². The van der Waals surface area contributed by atoms with E-state index in [4.69, 9.17) is 0 Å². The molecule has 1 N–H and O–H groups in total. The molecular formula is C17H36N2. The zero-order valence-electron chi connectivity index (χ0n) is 13.9. The number of unbranched alkanes of at least 4 members (excludes halogenated alkanes) is 1. The summed E-state index contributed by atoms with van der Waals surface area (Å²) in [5.41, 5.74) is 0. The van der Waals surface area contributed by atoms with E-state index in [0.717, 1.165) is 18.0 Å². The first-order valence-electron chi connectivity index (χ1n) is 8.63. The van der Waals surface area contributed by atoms with Crippen molar-refractivity contribution in [3.8, 4) is 0 Å². The number of nitrogens with zero attached hydrogens (tertiary/aromatic N) is 1. The summed E-state index contributed by atoms with van der Waals surface area (Å²) < 4.78 is 0. The molecule has 0 bridgehead atoms. The van der Waals surface area contributed by atoms with Crippen molar-refractivity contribution < 1.29 is 0 Å². The van der Waals surface area contributed by atoms with E-state index >= 15 is 0 Å². The van der Waals surface area contributed by atoms with E-state index < -0.39 is 0 Å². The summed E-state index contributed by atoms with van der Waals surface area (Å²) in [6.45, 7) is 14.1. The SMILES string of the molecule is CCCCC(CCC)N1CC(C(C)C)NCC1CC. The lowest BCUT2D eigenvalue weighted by Gasteiger charge is -2.46. The predicted molar refractivity (Wildman–Crippen MR) is 85.6 cm³/mol. The van der Waals surface area contributed by atoms with Crippen LogP contribution in [0, 0.1) is 5.92 Å². The van der Waals surface area contributed by atoms with Crippen LogP contribution in [0.3, 0.4) is 0 Å². The Hall–Kier alpha value is -0.0800. The van der Waals surface area contributed by atoms with E-state index in [1.54, 1.807) is 0 Å². The molecule has 0 aromatic rings.